The molecule has 10 nitrogen and oxygen atoms in total. The number of carbonyl (C=O) groups is 2. The summed E-state index contributed by atoms with van der Waals surface area (Å²) in [7, 11) is 0. The maximum Gasteiger partial charge on any atom is 0.353 e. The van der Waals surface area contributed by atoms with Crippen LogP contribution < -0.4 is 19.6 Å². The van der Waals surface area contributed by atoms with Crippen molar-refractivity contribution in [2.45, 2.75) is 6.92 Å². The molecule has 0 spiro atoms. The molecule has 0 saturated heterocycles. The van der Waals surface area contributed by atoms with E-state index in [0.29, 0.717) is 27.3 Å². The van der Waals surface area contributed by atoms with Crippen molar-refractivity contribution in [2.75, 3.05) is 13.2 Å². The van der Waals surface area contributed by atoms with Crippen LogP contribution in [0.4, 0.5) is 5.69 Å². The summed E-state index contributed by atoms with van der Waals surface area (Å²) in [6, 6.07) is 12.2. The van der Waals surface area contributed by atoms with E-state index >= 15 is 0 Å². The first-order valence-electron chi connectivity index (χ1n) is 9.78. The van der Waals surface area contributed by atoms with Crippen LogP contribution >= 0.6 is 27.3 Å². The number of amides is 1. The van der Waals surface area contributed by atoms with Gasteiger partial charge in [-0.1, -0.05) is 6.07 Å². The highest BCUT2D eigenvalue weighted by Crippen LogP contribution is 2.30. The summed E-state index contributed by atoms with van der Waals surface area (Å²) >= 11 is 4.44. The summed E-state index contributed by atoms with van der Waals surface area (Å²) < 4.78 is 16.7. The third-order valence-corrected chi connectivity index (χ3v) is 5.55. The number of hydrazone groups is 1. The van der Waals surface area contributed by atoms with Gasteiger partial charge in [-0.05, 0) is 64.1 Å². The van der Waals surface area contributed by atoms with Crippen LogP contribution in [0.2, 0.25) is 0 Å². The Morgan fingerprint density at radius 1 is 1.15 bits per heavy atom. The first kappa shape index (κ1) is 24.9. The minimum absolute atomic E-state index is 0.105. The summed E-state index contributed by atoms with van der Waals surface area (Å²) in [6.07, 6.45) is 1.40. The Bertz CT molecular complexity index is 1220. The third-order valence-electron chi connectivity index (χ3n) is 4.08. The molecule has 1 amide bonds. The van der Waals surface area contributed by atoms with Gasteiger partial charge in [-0.25, -0.2) is 10.2 Å². The molecule has 0 saturated carbocycles. The number of ether oxygens (including phenoxy) is 3. The fourth-order valence-electron chi connectivity index (χ4n) is 2.58. The first-order valence-corrected chi connectivity index (χ1v) is 11.5. The lowest BCUT2D eigenvalue weighted by molar-refractivity contribution is -0.384. The Kier molecular flexibility index (Phi) is 8.71. The minimum Gasteiger partial charge on any atom is -0.490 e. The number of esters is 1. The highest BCUT2D eigenvalue weighted by molar-refractivity contribution is 9.10. The van der Waals surface area contributed by atoms with Gasteiger partial charge in [0.1, 0.15) is 10.6 Å². The van der Waals surface area contributed by atoms with Gasteiger partial charge in [-0.3, -0.25) is 14.9 Å². The molecule has 1 aromatic heterocycles. The third kappa shape index (κ3) is 6.86. The monoisotopic (exact) mass is 547 g/mol. The van der Waals surface area contributed by atoms with Crippen molar-refractivity contribution in [2.24, 2.45) is 5.10 Å². The van der Waals surface area contributed by atoms with E-state index < -0.39 is 16.8 Å². The predicted molar refractivity (Wildman–Crippen MR) is 129 cm³/mol. The summed E-state index contributed by atoms with van der Waals surface area (Å²) in [5, 5.41) is 16.4. The number of benzene rings is 2. The molecule has 0 aliphatic rings. The van der Waals surface area contributed by atoms with Crippen molar-refractivity contribution < 1.29 is 28.7 Å². The molecule has 176 valence electrons. The average Bonchev–Trinajstić information content (AvgIpc) is 3.35. The highest BCUT2D eigenvalue weighted by atomic mass is 79.9. The van der Waals surface area contributed by atoms with Gasteiger partial charge in [0.15, 0.2) is 18.1 Å². The highest BCUT2D eigenvalue weighted by Gasteiger charge is 2.14. The fourth-order valence-corrected chi connectivity index (χ4v) is 3.66. The van der Waals surface area contributed by atoms with Crippen molar-refractivity contribution in [1.29, 1.82) is 0 Å². The Hall–Kier alpha value is -3.77. The topological polar surface area (TPSA) is 129 Å². The van der Waals surface area contributed by atoms with E-state index in [1.54, 1.807) is 42.6 Å². The molecule has 3 rings (SSSR count). The number of nitrogens with zero attached hydrogens (tertiary/aromatic N) is 2. The average molecular weight is 548 g/mol. The lowest BCUT2D eigenvalue weighted by atomic mass is 10.2. The molecule has 0 aliphatic heterocycles. The van der Waals surface area contributed by atoms with Gasteiger partial charge < -0.3 is 14.2 Å². The zero-order chi connectivity index (χ0) is 24.5. The molecular formula is C22H18BrN3O7S. The summed E-state index contributed by atoms with van der Waals surface area (Å²) in [5.41, 5.74) is 2.82. The number of hydrogen-bond acceptors (Lipinski definition) is 9. The van der Waals surface area contributed by atoms with E-state index in [2.05, 4.69) is 26.5 Å². The number of nitro benzene ring substituents is 1. The largest absolute Gasteiger partial charge is 0.490 e. The van der Waals surface area contributed by atoms with Crippen LogP contribution in [-0.2, 0) is 4.79 Å². The van der Waals surface area contributed by atoms with E-state index in [1.165, 1.54) is 35.8 Å². The van der Waals surface area contributed by atoms with Crippen molar-refractivity contribution in [3.05, 3.63) is 78.9 Å². The van der Waals surface area contributed by atoms with Crippen molar-refractivity contribution in [1.82, 2.24) is 5.43 Å². The van der Waals surface area contributed by atoms with Crippen molar-refractivity contribution in [3.8, 4) is 17.2 Å². The van der Waals surface area contributed by atoms with E-state index in [-0.39, 0.29) is 23.8 Å². The van der Waals surface area contributed by atoms with E-state index in [9.17, 15) is 19.7 Å². The predicted octanol–water partition coefficient (Wildman–Crippen LogP) is 4.57. The molecule has 0 radical (unpaired) electrons. The molecule has 0 unspecified atom stereocenters. The van der Waals surface area contributed by atoms with Gasteiger partial charge in [-0.2, -0.15) is 5.10 Å². The Balaban J connectivity index is 1.57. The van der Waals surface area contributed by atoms with Crippen LogP contribution in [0, 0.1) is 10.1 Å². The zero-order valence-corrected chi connectivity index (χ0v) is 20.1. The lowest BCUT2D eigenvalue weighted by Gasteiger charge is -2.11. The molecule has 0 bridgehead atoms. The Morgan fingerprint density at radius 3 is 2.62 bits per heavy atom. The van der Waals surface area contributed by atoms with Crippen LogP contribution in [0.25, 0.3) is 0 Å². The van der Waals surface area contributed by atoms with E-state index in [1.807, 2.05) is 0 Å². The number of halogens is 1. The maximum absolute atomic E-state index is 12.2. The molecule has 1 N–H and O–H groups in total. The van der Waals surface area contributed by atoms with E-state index in [4.69, 9.17) is 14.2 Å². The number of rotatable bonds is 10. The summed E-state index contributed by atoms with van der Waals surface area (Å²) in [5.74, 6) is -0.117. The second-order valence-corrected chi connectivity index (χ2v) is 8.26. The molecule has 1 heterocycles. The first-order chi connectivity index (χ1) is 16.4. The van der Waals surface area contributed by atoms with Gasteiger partial charge in [0.25, 0.3) is 11.6 Å². The zero-order valence-electron chi connectivity index (χ0n) is 17.7. The minimum atomic E-state index is -0.535. The molecular weight excluding hydrogens is 530 g/mol. The smallest absolute Gasteiger partial charge is 0.353 e. The summed E-state index contributed by atoms with van der Waals surface area (Å²) in [4.78, 5) is 34.9. The number of nitro groups is 1. The Labute approximate surface area is 206 Å². The second kappa shape index (κ2) is 11.9. The summed E-state index contributed by atoms with van der Waals surface area (Å²) in [6.45, 7) is 1.81. The van der Waals surface area contributed by atoms with Crippen LogP contribution in [0.15, 0.2) is 63.5 Å². The molecule has 3 aromatic rings. The number of hydrogen-bond donors (Lipinski definition) is 1. The van der Waals surface area contributed by atoms with Gasteiger partial charge in [0.2, 0.25) is 0 Å². The number of non-ortho nitro benzene ring substituents is 1. The van der Waals surface area contributed by atoms with Crippen LogP contribution in [-0.4, -0.2) is 36.2 Å². The van der Waals surface area contributed by atoms with Crippen molar-refractivity contribution in [3.63, 3.8) is 0 Å². The normalized spacial score (nSPS) is 10.6. The van der Waals surface area contributed by atoms with E-state index in [0.717, 1.165) is 0 Å². The molecule has 34 heavy (non-hydrogen) atoms. The molecule has 2 aromatic carbocycles. The quantitative estimate of drug-likeness (QED) is 0.129. The molecule has 0 fully saturated rings. The number of thiophene rings is 1. The van der Waals surface area contributed by atoms with Gasteiger partial charge >= 0.3 is 5.97 Å². The molecule has 0 atom stereocenters. The van der Waals surface area contributed by atoms with Gasteiger partial charge in [-0.15, -0.1) is 11.3 Å². The molecule has 0 aliphatic carbocycles. The SMILES string of the molecule is CCOc1cc(/C=N\NC(=O)COc2ccc([N+](=O)[O-])cc2Br)ccc1OC(=O)c1cccs1. The molecule has 12 heteroatoms. The standard InChI is InChI=1S/C22H18BrN3O7S/c1-2-31-19-10-14(5-7-18(19)33-22(28)20-4-3-9-34-20)12-24-25-21(27)13-32-17-8-6-15(26(29)30)11-16(17)23/h3-12H,2,13H2,1H3,(H,25,27)/b24-12-. The van der Waals surface area contributed by atoms with Crippen LogP contribution in [0.5, 0.6) is 17.2 Å². The Morgan fingerprint density at radius 2 is 1.94 bits per heavy atom. The number of carbonyl (C=O) groups excluding carboxylic acids is 2. The maximum atomic E-state index is 12.2. The van der Waals surface area contributed by atoms with Crippen molar-refractivity contribution >= 4 is 51.0 Å². The van der Waals surface area contributed by atoms with Gasteiger partial charge in [0.05, 0.1) is 22.2 Å². The fraction of sp³-hybridized carbons (Fsp3) is 0.136. The second-order valence-electron chi connectivity index (χ2n) is 6.46. The number of nitrogens with one attached hydrogen (secondary N) is 1. The van der Waals surface area contributed by atoms with Crippen LogP contribution in [0.3, 0.4) is 0 Å². The van der Waals surface area contributed by atoms with Gasteiger partial charge in [0, 0.05) is 12.1 Å². The lowest BCUT2D eigenvalue weighted by Crippen LogP contribution is -2.24. The van der Waals surface area contributed by atoms with Crippen LogP contribution in [0.1, 0.15) is 22.2 Å².